The SMILES string of the molecule is C#CCNC(=O)CN1C(=O)Cc2cc(C(=O)O)ccc21. The molecule has 0 aliphatic carbocycles. The summed E-state index contributed by atoms with van der Waals surface area (Å²) in [4.78, 5) is 35.7. The topological polar surface area (TPSA) is 86.7 Å². The van der Waals surface area contributed by atoms with Crippen LogP contribution in [0.4, 0.5) is 5.69 Å². The summed E-state index contributed by atoms with van der Waals surface area (Å²) in [7, 11) is 0. The molecule has 0 saturated carbocycles. The molecule has 0 spiro atoms. The van der Waals surface area contributed by atoms with Crippen molar-refractivity contribution in [2.45, 2.75) is 6.42 Å². The van der Waals surface area contributed by atoms with Gasteiger partial charge in [-0.2, -0.15) is 0 Å². The maximum Gasteiger partial charge on any atom is 0.335 e. The standard InChI is InChI=1S/C14H12N2O4/c1-2-5-15-12(17)8-16-11-4-3-9(14(19)20)6-10(11)7-13(16)18/h1,3-4,6H,5,7-8H2,(H,15,17)(H,19,20). The highest BCUT2D eigenvalue weighted by atomic mass is 16.4. The van der Waals surface area contributed by atoms with Gasteiger partial charge in [0.15, 0.2) is 0 Å². The lowest BCUT2D eigenvalue weighted by atomic mass is 10.1. The van der Waals surface area contributed by atoms with Crippen molar-refractivity contribution in [3.8, 4) is 12.3 Å². The van der Waals surface area contributed by atoms with Crippen LogP contribution in [0, 0.1) is 12.3 Å². The summed E-state index contributed by atoms with van der Waals surface area (Å²) < 4.78 is 0. The van der Waals surface area contributed by atoms with E-state index in [2.05, 4.69) is 11.2 Å². The number of benzene rings is 1. The summed E-state index contributed by atoms with van der Waals surface area (Å²) in [5.74, 6) is 0.630. The van der Waals surface area contributed by atoms with Gasteiger partial charge in [-0.3, -0.25) is 9.59 Å². The quantitative estimate of drug-likeness (QED) is 0.757. The number of anilines is 1. The zero-order valence-electron chi connectivity index (χ0n) is 10.5. The Hall–Kier alpha value is -2.81. The molecule has 0 aromatic heterocycles. The molecule has 2 rings (SSSR count). The van der Waals surface area contributed by atoms with Gasteiger partial charge in [0, 0.05) is 5.69 Å². The second kappa shape index (κ2) is 5.45. The van der Waals surface area contributed by atoms with Gasteiger partial charge in [-0.25, -0.2) is 4.79 Å². The van der Waals surface area contributed by atoms with E-state index in [1.807, 2.05) is 0 Å². The van der Waals surface area contributed by atoms with Gasteiger partial charge in [-0.1, -0.05) is 5.92 Å². The molecular weight excluding hydrogens is 260 g/mol. The molecule has 2 N–H and O–H groups in total. The van der Waals surface area contributed by atoms with Crippen molar-refractivity contribution in [3.63, 3.8) is 0 Å². The van der Waals surface area contributed by atoms with Crippen LogP contribution in [0.5, 0.6) is 0 Å². The number of amides is 2. The molecule has 20 heavy (non-hydrogen) atoms. The molecule has 1 aromatic rings. The summed E-state index contributed by atoms with van der Waals surface area (Å²) in [6.45, 7) is -0.0222. The predicted molar refractivity (Wildman–Crippen MR) is 71.3 cm³/mol. The highest BCUT2D eigenvalue weighted by molar-refractivity contribution is 6.05. The van der Waals surface area contributed by atoms with Crippen molar-refractivity contribution >= 4 is 23.5 Å². The number of aromatic carboxylic acids is 1. The summed E-state index contributed by atoms with van der Waals surface area (Å²) in [6, 6.07) is 4.40. The Bertz CT molecular complexity index is 631. The van der Waals surface area contributed by atoms with Crippen molar-refractivity contribution in [1.82, 2.24) is 5.32 Å². The van der Waals surface area contributed by atoms with Crippen LogP contribution in [0.1, 0.15) is 15.9 Å². The normalized spacial score (nSPS) is 12.8. The average Bonchev–Trinajstić information content (AvgIpc) is 2.72. The van der Waals surface area contributed by atoms with Crippen LogP contribution < -0.4 is 10.2 Å². The summed E-state index contributed by atoms with van der Waals surface area (Å²) >= 11 is 0. The first-order valence-corrected chi connectivity index (χ1v) is 5.89. The summed E-state index contributed by atoms with van der Waals surface area (Å²) in [5, 5.41) is 11.4. The van der Waals surface area contributed by atoms with Gasteiger partial charge in [0.1, 0.15) is 6.54 Å². The minimum Gasteiger partial charge on any atom is -0.478 e. The Kier molecular flexibility index (Phi) is 3.71. The number of nitrogens with one attached hydrogen (secondary N) is 1. The highest BCUT2D eigenvalue weighted by Crippen LogP contribution is 2.29. The number of hydrogen-bond donors (Lipinski definition) is 2. The molecule has 0 bridgehead atoms. The highest BCUT2D eigenvalue weighted by Gasteiger charge is 2.29. The maximum atomic E-state index is 11.9. The number of terminal acetylenes is 1. The Balaban J connectivity index is 2.19. The maximum absolute atomic E-state index is 11.9. The van der Waals surface area contributed by atoms with E-state index >= 15 is 0 Å². The number of nitrogens with zero attached hydrogens (tertiary/aromatic N) is 1. The first-order valence-electron chi connectivity index (χ1n) is 5.89. The molecular formula is C14H12N2O4. The van der Waals surface area contributed by atoms with E-state index in [4.69, 9.17) is 11.5 Å². The van der Waals surface area contributed by atoms with Gasteiger partial charge in [-0.15, -0.1) is 6.42 Å². The fourth-order valence-corrected chi connectivity index (χ4v) is 2.04. The van der Waals surface area contributed by atoms with E-state index in [-0.39, 0.29) is 36.9 Å². The number of hydrogen-bond acceptors (Lipinski definition) is 3. The smallest absolute Gasteiger partial charge is 0.335 e. The van der Waals surface area contributed by atoms with Crippen molar-refractivity contribution in [2.24, 2.45) is 0 Å². The number of carbonyl (C=O) groups is 3. The number of rotatable bonds is 4. The molecule has 0 radical (unpaired) electrons. The molecule has 1 aliphatic rings. The molecule has 0 fully saturated rings. The van der Waals surface area contributed by atoms with Gasteiger partial charge in [0.2, 0.25) is 11.8 Å². The van der Waals surface area contributed by atoms with Gasteiger partial charge in [0.05, 0.1) is 18.5 Å². The number of carboxylic acids is 1. The fourth-order valence-electron chi connectivity index (χ4n) is 2.04. The largest absolute Gasteiger partial charge is 0.478 e. The Morgan fingerprint density at radius 1 is 1.45 bits per heavy atom. The molecule has 6 heteroatoms. The zero-order valence-corrected chi connectivity index (χ0v) is 10.5. The van der Waals surface area contributed by atoms with Crippen molar-refractivity contribution < 1.29 is 19.5 Å². The van der Waals surface area contributed by atoms with Gasteiger partial charge in [-0.05, 0) is 23.8 Å². The molecule has 2 amide bonds. The minimum atomic E-state index is -1.05. The first-order chi connectivity index (χ1) is 9.52. The fraction of sp³-hybridized carbons (Fsp3) is 0.214. The van der Waals surface area contributed by atoms with E-state index in [1.54, 1.807) is 0 Å². The first kappa shape index (κ1) is 13.6. The van der Waals surface area contributed by atoms with Crippen molar-refractivity contribution in [1.29, 1.82) is 0 Å². The second-order valence-electron chi connectivity index (χ2n) is 4.29. The van der Waals surface area contributed by atoms with E-state index in [9.17, 15) is 14.4 Å². The van der Waals surface area contributed by atoms with Crippen LogP contribution in [0.25, 0.3) is 0 Å². The average molecular weight is 272 g/mol. The van der Waals surface area contributed by atoms with Crippen LogP contribution >= 0.6 is 0 Å². The van der Waals surface area contributed by atoms with Gasteiger partial charge >= 0.3 is 5.97 Å². The molecule has 1 aromatic carbocycles. The zero-order chi connectivity index (χ0) is 14.7. The molecule has 0 saturated heterocycles. The van der Waals surface area contributed by atoms with Crippen LogP contribution in [0.15, 0.2) is 18.2 Å². The van der Waals surface area contributed by atoms with E-state index in [0.29, 0.717) is 11.3 Å². The lowest BCUT2D eigenvalue weighted by molar-refractivity contribution is -0.123. The van der Waals surface area contributed by atoms with Gasteiger partial charge in [0.25, 0.3) is 0 Å². The van der Waals surface area contributed by atoms with E-state index in [0.717, 1.165) is 0 Å². The van der Waals surface area contributed by atoms with Crippen molar-refractivity contribution in [3.05, 3.63) is 29.3 Å². The number of carboxylic acid groups (broad SMARTS) is 1. The third kappa shape index (κ3) is 2.62. The Morgan fingerprint density at radius 2 is 2.20 bits per heavy atom. The van der Waals surface area contributed by atoms with Crippen LogP contribution in [-0.2, 0) is 16.0 Å². The van der Waals surface area contributed by atoms with Gasteiger partial charge < -0.3 is 15.3 Å². The summed E-state index contributed by atoms with van der Waals surface area (Å²) in [6.07, 6.45) is 5.13. The van der Waals surface area contributed by atoms with E-state index in [1.165, 1.54) is 23.1 Å². The monoisotopic (exact) mass is 272 g/mol. The molecule has 102 valence electrons. The van der Waals surface area contributed by atoms with Crippen molar-refractivity contribution in [2.75, 3.05) is 18.0 Å². The predicted octanol–water partition coefficient (Wildman–Crippen LogP) is 0.0233. The second-order valence-corrected chi connectivity index (χ2v) is 4.29. The van der Waals surface area contributed by atoms with Crippen LogP contribution in [-0.4, -0.2) is 36.0 Å². The minimum absolute atomic E-state index is 0.0961. The molecule has 6 nitrogen and oxygen atoms in total. The number of fused-ring (bicyclic) bond motifs is 1. The third-order valence-electron chi connectivity index (χ3n) is 2.95. The Labute approximate surface area is 115 Å². The Morgan fingerprint density at radius 3 is 2.85 bits per heavy atom. The molecule has 0 atom stereocenters. The molecule has 1 heterocycles. The van der Waals surface area contributed by atoms with E-state index < -0.39 is 5.97 Å². The third-order valence-corrected chi connectivity index (χ3v) is 2.95. The lowest BCUT2D eigenvalue weighted by Crippen LogP contribution is -2.39. The molecule has 0 unspecified atom stereocenters. The summed E-state index contributed by atoms with van der Waals surface area (Å²) in [5.41, 5.74) is 1.30. The lowest BCUT2D eigenvalue weighted by Gasteiger charge is -2.16. The van der Waals surface area contributed by atoms with Crippen LogP contribution in [0.2, 0.25) is 0 Å². The number of carbonyl (C=O) groups excluding carboxylic acids is 2. The van der Waals surface area contributed by atoms with Crippen LogP contribution in [0.3, 0.4) is 0 Å². The molecule has 1 aliphatic heterocycles.